The Morgan fingerprint density at radius 2 is 1.63 bits per heavy atom. The summed E-state index contributed by atoms with van der Waals surface area (Å²) >= 11 is 0. The van der Waals surface area contributed by atoms with Crippen molar-refractivity contribution in [3.63, 3.8) is 0 Å². The van der Waals surface area contributed by atoms with E-state index < -0.39 is 12.1 Å². The highest BCUT2D eigenvalue weighted by Crippen LogP contribution is 2.39. The third-order valence-electron chi connectivity index (χ3n) is 5.22. The Balaban J connectivity index is 1.64. The molecule has 3 fully saturated rings. The lowest BCUT2D eigenvalue weighted by atomic mass is 9.83. The van der Waals surface area contributed by atoms with Gasteiger partial charge in [0.15, 0.2) is 0 Å². The van der Waals surface area contributed by atoms with Crippen molar-refractivity contribution < 1.29 is 13.2 Å². The molecule has 0 amide bonds. The highest BCUT2D eigenvalue weighted by molar-refractivity contribution is 4.98. The van der Waals surface area contributed by atoms with Crippen LogP contribution in [0.15, 0.2) is 0 Å². The van der Waals surface area contributed by atoms with Gasteiger partial charge in [-0.25, -0.2) is 0 Å². The predicted molar refractivity (Wildman–Crippen MR) is 67.9 cm³/mol. The molecule has 2 saturated heterocycles. The fourth-order valence-corrected chi connectivity index (χ4v) is 4.27. The summed E-state index contributed by atoms with van der Waals surface area (Å²) in [5.74, 6) is -1.13. The van der Waals surface area contributed by atoms with Crippen molar-refractivity contribution in [2.45, 2.75) is 69.2 Å². The molecule has 4 unspecified atom stereocenters. The SMILES string of the molecule is FC(F)(F)C1CCCCC1NC1CCN2CCCC12. The molecule has 1 aliphatic carbocycles. The molecule has 2 nitrogen and oxygen atoms in total. The summed E-state index contributed by atoms with van der Waals surface area (Å²) < 4.78 is 39.2. The van der Waals surface area contributed by atoms with Crippen LogP contribution in [0.1, 0.15) is 44.9 Å². The highest BCUT2D eigenvalue weighted by Gasteiger charge is 2.47. The van der Waals surface area contributed by atoms with Crippen molar-refractivity contribution in [1.29, 1.82) is 0 Å². The van der Waals surface area contributed by atoms with Crippen LogP contribution in [0.25, 0.3) is 0 Å². The fourth-order valence-electron chi connectivity index (χ4n) is 4.27. The topological polar surface area (TPSA) is 15.3 Å². The molecule has 2 heterocycles. The number of halogens is 3. The lowest BCUT2D eigenvalue weighted by molar-refractivity contribution is -0.189. The van der Waals surface area contributed by atoms with E-state index in [0.29, 0.717) is 18.9 Å². The summed E-state index contributed by atoms with van der Waals surface area (Å²) in [5, 5.41) is 3.38. The maximum atomic E-state index is 13.1. The number of rotatable bonds is 2. The molecule has 3 rings (SSSR count). The van der Waals surface area contributed by atoms with Crippen molar-refractivity contribution in [3.8, 4) is 0 Å². The second-order valence-corrected chi connectivity index (χ2v) is 6.35. The first-order valence-corrected chi connectivity index (χ1v) is 7.62. The van der Waals surface area contributed by atoms with E-state index in [-0.39, 0.29) is 12.1 Å². The van der Waals surface area contributed by atoms with E-state index in [2.05, 4.69) is 10.2 Å². The summed E-state index contributed by atoms with van der Waals surface area (Å²) in [4.78, 5) is 2.45. The lowest BCUT2D eigenvalue weighted by Gasteiger charge is -2.36. The lowest BCUT2D eigenvalue weighted by Crippen LogP contribution is -2.51. The minimum atomic E-state index is -4.04. The van der Waals surface area contributed by atoms with Gasteiger partial charge in [0.2, 0.25) is 0 Å². The molecule has 3 aliphatic rings. The van der Waals surface area contributed by atoms with Crippen molar-refractivity contribution in [1.82, 2.24) is 10.2 Å². The molecule has 2 aliphatic heterocycles. The number of alkyl halides is 3. The van der Waals surface area contributed by atoms with Crippen molar-refractivity contribution in [2.75, 3.05) is 13.1 Å². The van der Waals surface area contributed by atoms with Gasteiger partial charge in [-0.3, -0.25) is 4.90 Å². The van der Waals surface area contributed by atoms with E-state index in [4.69, 9.17) is 0 Å². The van der Waals surface area contributed by atoms with Gasteiger partial charge in [-0.15, -0.1) is 0 Å². The third kappa shape index (κ3) is 2.77. The van der Waals surface area contributed by atoms with Gasteiger partial charge in [-0.2, -0.15) is 13.2 Å². The number of hydrogen-bond acceptors (Lipinski definition) is 2. The Labute approximate surface area is 112 Å². The summed E-state index contributed by atoms with van der Waals surface area (Å²) in [6, 6.07) is 0.436. The Morgan fingerprint density at radius 1 is 0.842 bits per heavy atom. The second-order valence-electron chi connectivity index (χ2n) is 6.35. The summed E-state index contributed by atoms with van der Waals surface area (Å²) in [5.41, 5.74) is 0. The molecule has 0 aromatic heterocycles. The van der Waals surface area contributed by atoms with Crippen LogP contribution >= 0.6 is 0 Å². The fraction of sp³-hybridized carbons (Fsp3) is 1.00. The zero-order valence-corrected chi connectivity index (χ0v) is 11.3. The van der Waals surface area contributed by atoms with Crippen LogP contribution < -0.4 is 5.32 Å². The van der Waals surface area contributed by atoms with Crippen LogP contribution in [0.4, 0.5) is 13.2 Å². The van der Waals surface area contributed by atoms with Gasteiger partial charge < -0.3 is 5.32 Å². The molecule has 0 aromatic carbocycles. The molecule has 0 aromatic rings. The average molecular weight is 276 g/mol. The molecular formula is C14H23F3N2. The number of nitrogens with zero attached hydrogens (tertiary/aromatic N) is 1. The Morgan fingerprint density at radius 3 is 2.42 bits per heavy atom. The quantitative estimate of drug-likeness (QED) is 0.834. The molecule has 0 spiro atoms. The van der Waals surface area contributed by atoms with Gasteiger partial charge in [0, 0.05) is 24.7 Å². The first-order valence-electron chi connectivity index (χ1n) is 7.62. The Bertz CT molecular complexity index is 318. The first kappa shape index (κ1) is 13.7. The maximum Gasteiger partial charge on any atom is 0.393 e. The van der Waals surface area contributed by atoms with E-state index in [1.165, 1.54) is 6.42 Å². The molecule has 110 valence electrons. The van der Waals surface area contributed by atoms with Gasteiger partial charge in [0.1, 0.15) is 0 Å². The molecule has 0 bridgehead atoms. The molecule has 19 heavy (non-hydrogen) atoms. The minimum absolute atomic E-state index is 0.287. The number of fused-ring (bicyclic) bond motifs is 1. The van der Waals surface area contributed by atoms with Crippen LogP contribution in [0.3, 0.4) is 0 Å². The van der Waals surface area contributed by atoms with Crippen LogP contribution in [0.5, 0.6) is 0 Å². The van der Waals surface area contributed by atoms with Crippen LogP contribution in [-0.4, -0.2) is 42.3 Å². The monoisotopic (exact) mass is 276 g/mol. The van der Waals surface area contributed by atoms with E-state index in [9.17, 15) is 13.2 Å². The van der Waals surface area contributed by atoms with Crippen LogP contribution in [0.2, 0.25) is 0 Å². The van der Waals surface area contributed by atoms with Crippen molar-refractivity contribution >= 4 is 0 Å². The molecule has 1 N–H and O–H groups in total. The summed E-state index contributed by atoms with van der Waals surface area (Å²) in [6.45, 7) is 2.20. The summed E-state index contributed by atoms with van der Waals surface area (Å²) in [7, 11) is 0. The molecule has 1 saturated carbocycles. The van der Waals surface area contributed by atoms with Crippen LogP contribution in [0, 0.1) is 5.92 Å². The summed E-state index contributed by atoms with van der Waals surface area (Å²) in [6.07, 6.45) is 2.00. The first-order chi connectivity index (χ1) is 9.05. The zero-order chi connectivity index (χ0) is 13.5. The molecule has 4 atom stereocenters. The van der Waals surface area contributed by atoms with Crippen LogP contribution in [-0.2, 0) is 0 Å². The largest absolute Gasteiger partial charge is 0.393 e. The maximum absolute atomic E-state index is 13.1. The molecule has 0 radical (unpaired) electrons. The zero-order valence-electron chi connectivity index (χ0n) is 11.3. The number of hydrogen-bond donors (Lipinski definition) is 1. The molecule has 5 heteroatoms. The molecular weight excluding hydrogens is 253 g/mol. The highest BCUT2D eigenvalue weighted by atomic mass is 19.4. The van der Waals surface area contributed by atoms with E-state index in [1.54, 1.807) is 0 Å². The normalized spacial score (nSPS) is 40.6. The second kappa shape index (κ2) is 5.24. The van der Waals surface area contributed by atoms with Crippen molar-refractivity contribution in [3.05, 3.63) is 0 Å². The van der Waals surface area contributed by atoms with E-state index in [1.807, 2.05) is 0 Å². The van der Waals surface area contributed by atoms with E-state index >= 15 is 0 Å². The smallest absolute Gasteiger partial charge is 0.309 e. The standard InChI is InChI=1S/C14H23F3N2/c15-14(16,17)10-4-1-2-5-11(10)18-12-7-9-19-8-3-6-13(12)19/h10-13,18H,1-9H2. The van der Waals surface area contributed by atoms with Crippen molar-refractivity contribution in [2.24, 2.45) is 5.92 Å². The van der Waals surface area contributed by atoms with E-state index in [0.717, 1.165) is 38.8 Å². The third-order valence-corrected chi connectivity index (χ3v) is 5.22. The number of nitrogens with one attached hydrogen (secondary N) is 1. The van der Waals surface area contributed by atoms with Gasteiger partial charge in [0.05, 0.1) is 5.92 Å². The van der Waals surface area contributed by atoms with Gasteiger partial charge in [0.25, 0.3) is 0 Å². The Kier molecular flexibility index (Phi) is 3.78. The van der Waals surface area contributed by atoms with Gasteiger partial charge in [-0.05, 0) is 38.6 Å². The average Bonchev–Trinajstić information content (AvgIpc) is 2.93. The minimum Gasteiger partial charge on any atom is -0.309 e. The predicted octanol–water partition coefficient (Wildman–Crippen LogP) is 2.93. The van der Waals surface area contributed by atoms with Gasteiger partial charge in [-0.1, -0.05) is 12.8 Å². The Hall–Kier alpha value is -0.290. The van der Waals surface area contributed by atoms with Gasteiger partial charge >= 0.3 is 6.18 Å².